The second-order valence-electron chi connectivity index (χ2n) is 7.64. The number of hydrogen-bond donors (Lipinski definition) is 0. The number of hydrogen-bond acceptors (Lipinski definition) is 4. The molecule has 3 atom stereocenters. The Balaban J connectivity index is 1.38. The van der Waals surface area contributed by atoms with Gasteiger partial charge in [-0.25, -0.2) is 0 Å². The predicted octanol–water partition coefficient (Wildman–Crippen LogP) is 2.65. The Morgan fingerprint density at radius 1 is 1.00 bits per heavy atom. The lowest BCUT2D eigenvalue weighted by Crippen LogP contribution is -2.53. The summed E-state index contributed by atoms with van der Waals surface area (Å²) < 4.78 is 10.6. The lowest BCUT2D eigenvalue weighted by atomic mass is 9.93. The van der Waals surface area contributed by atoms with Crippen LogP contribution in [0.4, 0.5) is 0 Å². The van der Waals surface area contributed by atoms with Gasteiger partial charge < -0.3 is 14.4 Å². The predicted molar refractivity (Wildman–Crippen MR) is 96.3 cm³/mol. The van der Waals surface area contributed by atoms with Crippen molar-refractivity contribution in [3.63, 3.8) is 0 Å². The van der Waals surface area contributed by atoms with E-state index in [0.29, 0.717) is 17.1 Å². The van der Waals surface area contributed by atoms with Crippen LogP contribution < -0.4 is 9.47 Å². The fourth-order valence-electron chi connectivity index (χ4n) is 5.07. The van der Waals surface area contributed by atoms with Crippen molar-refractivity contribution in [2.75, 3.05) is 40.4 Å². The summed E-state index contributed by atoms with van der Waals surface area (Å²) in [5, 5.41) is 0. The van der Waals surface area contributed by atoms with Gasteiger partial charge in [0.05, 0.1) is 14.2 Å². The van der Waals surface area contributed by atoms with Gasteiger partial charge in [0.2, 0.25) is 0 Å². The van der Waals surface area contributed by atoms with Crippen molar-refractivity contribution < 1.29 is 14.3 Å². The Hall–Kier alpha value is -1.75. The van der Waals surface area contributed by atoms with Gasteiger partial charge in [0.1, 0.15) is 0 Å². The number of carbonyl (C=O) groups excluding carboxylic acids is 1. The zero-order valence-corrected chi connectivity index (χ0v) is 15.2. The van der Waals surface area contributed by atoms with Crippen LogP contribution in [0.5, 0.6) is 11.5 Å². The molecule has 3 fully saturated rings. The van der Waals surface area contributed by atoms with E-state index < -0.39 is 0 Å². The van der Waals surface area contributed by atoms with Gasteiger partial charge >= 0.3 is 0 Å². The van der Waals surface area contributed by atoms with Gasteiger partial charge in [-0.2, -0.15) is 0 Å². The topological polar surface area (TPSA) is 42.0 Å². The number of amides is 1. The highest BCUT2D eigenvalue weighted by molar-refractivity contribution is 5.95. The molecule has 5 nitrogen and oxygen atoms in total. The van der Waals surface area contributed by atoms with Crippen molar-refractivity contribution >= 4 is 5.91 Å². The van der Waals surface area contributed by atoms with Crippen molar-refractivity contribution in [1.82, 2.24) is 9.80 Å². The van der Waals surface area contributed by atoms with E-state index in [1.165, 1.54) is 25.7 Å². The molecule has 0 radical (unpaired) electrons. The first-order chi connectivity index (χ1) is 12.2. The molecule has 136 valence electrons. The molecule has 1 aliphatic heterocycles. The smallest absolute Gasteiger partial charge is 0.254 e. The summed E-state index contributed by atoms with van der Waals surface area (Å²) in [5.41, 5.74) is 0.672. The molecule has 0 spiro atoms. The molecule has 1 aromatic rings. The molecule has 0 aromatic heterocycles. The first-order valence-electron chi connectivity index (χ1n) is 9.45. The molecule has 2 saturated carbocycles. The minimum atomic E-state index is 0.0912. The fraction of sp³-hybridized carbons (Fsp3) is 0.650. The first kappa shape index (κ1) is 16.7. The third-order valence-electron chi connectivity index (χ3n) is 6.40. The molecule has 1 saturated heterocycles. The Bertz CT molecular complexity index is 640. The maximum atomic E-state index is 12.8. The minimum Gasteiger partial charge on any atom is -0.493 e. The van der Waals surface area contributed by atoms with Crippen LogP contribution in [-0.2, 0) is 0 Å². The zero-order valence-electron chi connectivity index (χ0n) is 15.2. The molecule has 2 bridgehead atoms. The summed E-state index contributed by atoms with van der Waals surface area (Å²) in [6.07, 6.45) is 5.68. The second-order valence-corrected chi connectivity index (χ2v) is 7.64. The molecule has 1 amide bonds. The quantitative estimate of drug-likeness (QED) is 0.842. The van der Waals surface area contributed by atoms with Crippen molar-refractivity contribution in [3.8, 4) is 11.5 Å². The SMILES string of the molecule is COc1ccc(C(=O)N2CCN([C@H]3C[C@H]4CC[C@H]3C4)CC2)cc1OC. The van der Waals surface area contributed by atoms with Gasteiger partial charge in [-0.05, 0) is 49.3 Å². The molecule has 3 aliphatic rings. The maximum absolute atomic E-state index is 12.8. The van der Waals surface area contributed by atoms with Crippen molar-refractivity contribution in [2.45, 2.75) is 31.7 Å². The minimum absolute atomic E-state index is 0.0912. The van der Waals surface area contributed by atoms with Crippen LogP contribution in [-0.4, -0.2) is 62.1 Å². The van der Waals surface area contributed by atoms with Gasteiger partial charge in [0, 0.05) is 37.8 Å². The molecule has 25 heavy (non-hydrogen) atoms. The van der Waals surface area contributed by atoms with Gasteiger partial charge in [0.25, 0.3) is 5.91 Å². The zero-order chi connectivity index (χ0) is 17.4. The van der Waals surface area contributed by atoms with Gasteiger partial charge in [0.15, 0.2) is 11.5 Å². The maximum Gasteiger partial charge on any atom is 0.254 e. The van der Waals surface area contributed by atoms with E-state index in [9.17, 15) is 4.79 Å². The average Bonchev–Trinajstić information content (AvgIpc) is 3.30. The summed E-state index contributed by atoms with van der Waals surface area (Å²) in [6, 6.07) is 6.18. The summed E-state index contributed by atoms with van der Waals surface area (Å²) in [7, 11) is 3.20. The number of fused-ring (bicyclic) bond motifs is 2. The van der Waals surface area contributed by atoms with E-state index >= 15 is 0 Å². The van der Waals surface area contributed by atoms with Crippen molar-refractivity contribution in [1.29, 1.82) is 0 Å². The number of methoxy groups -OCH3 is 2. The van der Waals surface area contributed by atoms with Gasteiger partial charge in [-0.3, -0.25) is 9.69 Å². The largest absolute Gasteiger partial charge is 0.493 e. The number of ether oxygens (including phenoxy) is 2. The van der Waals surface area contributed by atoms with Crippen molar-refractivity contribution in [2.24, 2.45) is 11.8 Å². The molecular weight excluding hydrogens is 316 g/mol. The number of piperazine rings is 1. The Labute approximate surface area is 149 Å². The highest BCUT2D eigenvalue weighted by atomic mass is 16.5. The Morgan fingerprint density at radius 2 is 1.76 bits per heavy atom. The van der Waals surface area contributed by atoms with Crippen LogP contribution in [0.15, 0.2) is 18.2 Å². The van der Waals surface area contributed by atoms with Crippen LogP contribution in [0, 0.1) is 11.8 Å². The van der Waals surface area contributed by atoms with Gasteiger partial charge in [-0.1, -0.05) is 6.42 Å². The Morgan fingerprint density at radius 3 is 2.36 bits per heavy atom. The van der Waals surface area contributed by atoms with E-state index in [4.69, 9.17) is 9.47 Å². The molecule has 1 heterocycles. The van der Waals surface area contributed by atoms with E-state index in [1.807, 2.05) is 11.0 Å². The molecule has 1 aromatic carbocycles. The molecule has 0 N–H and O–H groups in total. The van der Waals surface area contributed by atoms with Crippen LogP contribution in [0.25, 0.3) is 0 Å². The van der Waals surface area contributed by atoms with E-state index in [1.54, 1.807) is 26.4 Å². The number of nitrogens with zero attached hydrogens (tertiary/aromatic N) is 2. The number of benzene rings is 1. The summed E-state index contributed by atoms with van der Waals surface area (Å²) >= 11 is 0. The molecule has 2 aliphatic carbocycles. The van der Waals surface area contributed by atoms with E-state index in [-0.39, 0.29) is 5.91 Å². The van der Waals surface area contributed by atoms with Crippen LogP contribution >= 0.6 is 0 Å². The standard InChI is InChI=1S/C20H28N2O3/c1-24-18-6-5-16(13-19(18)25-2)20(23)22-9-7-21(8-10-22)17-12-14-3-4-15(17)11-14/h5-6,13-15,17H,3-4,7-12H2,1-2H3/t14-,15-,17-/m0/s1. The average molecular weight is 344 g/mol. The number of carbonyl (C=O) groups is 1. The van der Waals surface area contributed by atoms with Crippen LogP contribution in [0.1, 0.15) is 36.0 Å². The highest BCUT2D eigenvalue weighted by Crippen LogP contribution is 2.46. The molecule has 0 unspecified atom stereocenters. The monoisotopic (exact) mass is 344 g/mol. The third-order valence-corrected chi connectivity index (χ3v) is 6.40. The molecule has 4 rings (SSSR count). The summed E-state index contributed by atoms with van der Waals surface area (Å²) in [6.45, 7) is 3.65. The Kier molecular flexibility index (Phi) is 4.59. The number of rotatable bonds is 4. The summed E-state index contributed by atoms with van der Waals surface area (Å²) in [5.74, 6) is 3.24. The fourth-order valence-corrected chi connectivity index (χ4v) is 5.07. The first-order valence-corrected chi connectivity index (χ1v) is 9.45. The third kappa shape index (κ3) is 3.10. The van der Waals surface area contributed by atoms with E-state index in [0.717, 1.165) is 44.1 Å². The lowest BCUT2D eigenvalue weighted by Gasteiger charge is -2.41. The second kappa shape index (κ2) is 6.87. The van der Waals surface area contributed by atoms with E-state index in [2.05, 4.69) is 4.90 Å². The van der Waals surface area contributed by atoms with Crippen LogP contribution in [0.3, 0.4) is 0 Å². The van der Waals surface area contributed by atoms with Gasteiger partial charge in [-0.15, -0.1) is 0 Å². The highest BCUT2D eigenvalue weighted by Gasteiger charge is 2.42. The van der Waals surface area contributed by atoms with Crippen molar-refractivity contribution in [3.05, 3.63) is 23.8 Å². The lowest BCUT2D eigenvalue weighted by molar-refractivity contribution is 0.0495. The summed E-state index contributed by atoms with van der Waals surface area (Å²) in [4.78, 5) is 17.5. The normalized spacial score (nSPS) is 29.0. The van der Waals surface area contributed by atoms with Crippen LogP contribution in [0.2, 0.25) is 0 Å². The molecular formula is C20H28N2O3. The molecule has 5 heteroatoms.